The molecule has 4 rings (SSSR count). The van der Waals surface area contributed by atoms with Crippen LogP contribution in [0.25, 0.3) is 11.0 Å². The van der Waals surface area contributed by atoms with Gasteiger partial charge in [-0.1, -0.05) is 32.0 Å². The highest BCUT2D eigenvalue weighted by Crippen LogP contribution is 2.34. The Bertz CT molecular complexity index is 1290. The van der Waals surface area contributed by atoms with Gasteiger partial charge in [-0.05, 0) is 54.5 Å². The predicted octanol–water partition coefficient (Wildman–Crippen LogP) is 5.33. The fourth-order valence-corrected chi connectivity index (χ4v) is 6.22. The van der Waals surface area contributed by atoms with Crippen LogP contribution in [0.3, 0.4) is 0 Å². The molecule has 6 nitrogen and oxygen atoms in total. The molecule has 0 aliphatic carbocycles. The molecule has 3 aromatic heterocycles. The zero-order valence-electron chi connectivity index (χ0n) is 18.7. The number of rotatable bonds is 8. The summed E-state index contributed by atoms with van der Waals surface area (Å²) in [6.45, 7) is 6.15. The molecule has 0 aliphatic heterocycles. The molecule has 32 heavy (non-hydrogen) atoms. The lowest BCUT2D eigenvalue weighted by Gasteiger charge is -2.28. The third-order valence-electron chi connectivity index (χ3n) is 5.57. The summed E-state index contributed by atoms with van der Waals surface area (Å²) in [6, 6.07) is 12.8. The summed E-state index contributed by atoms with van der Waals surface area (Å²) in [5.41, 5.74) is 3.67. The first-order valence-corrected chi connectivity index (χ1v) is 13.0. The molecule has 1 unspecified atom stereocenters. The van der Waals surface area contributed by atoms with E-state index in [1.54, 1.807) is 36.7 Å². The molecule has 0 radical (unpaired) electrons. The Morgan fingerprint density at radius 1 is 1.12 bits per heavy atom. The molecule has 8 heteroatoms. The smallest absolute Gasteiger partial charge is 0.243 e. The van der Waals surface area contributed by atoms with E-state index < -0.39 is 10.0 Å². The van der Waals surface area contributed by atoms with Crippen LogP contribution in [0.5, 0.6) is 0 Å². The minimum absolute atomic E-state index is 0.176. The molecule has 0 saturated heterocycles. The van der Waals surface area contributed by atoms with Gasteiger partial charge in [-0.2, -0.15) is 4.31 Å². The molecule has 0 saturated carbocycles. The number of hydrogen-bond acceptors (Lipinski definition) is 5. The lowest BCUT2D eigenvalue weighted by molar-refractivity contribution is 0.328. The van der Waals surface area contributed by atoms with Crippen LogP contribution in [0.2, 0.25) is 0 Å². The molecule has 0 bridgehead atoms. The molecular formula is C24H28N4O2S2. The van der Waals surface area contributed by atoms with E-state index in [9.17, 15) is 8.42 Å². The van der Waals surface area contributed by atoms with Crippen molar-refractivity contribution in [2.45, 2.75) is 44.6 Å². The number of thiophene rings is 1. The Hall–Kier alpha value is -2.55. The van der Waals surface area contributed by atoms with Crippen molar-refractivity contribution in [1.82, 2.24) is 19.3 Å². The monoisotopic (exact) mass is 468 g/mol. The van der Waals surface area contributed by atoms with Crippen LogP contribution >= 0.6 is 11.3 Å². The van der Waals surface area contributed by atoms with Crippen molar-refractivity contribution in [2.75, 3.05) is 7.05 Å². The summed E-state index contributed by atoms with van der Waals surface area (Å²) in [5.74, 6) is 1.23. The maximum absolute atomic E-state index is 13.4. The highest BCUT2D eigenvalue weighted by molar-refractivity contribution is 7.89. The molecule has 0 aliphatic rings. The molecule has 0 fully saturated rings. The number of aryl methyl sites for hydroxylation is 1. The molecule has 168 valence electrons. The number of aromatic nitrogens is 3. The van der Waals surface area contributed by atoms with Crippen LogP contribution in [0.1, 0.15) is 48.3 Å². The van der Waals surface area contributed by atoms with Gasteiger partial charge in [0.2, 0.25) is 10.0 Å². The maximum atomic E-state index is 13.4. The number of imidazole rings is 1. The number of aromatic amines is 1. The van der Waals surface area contributed by atoms with Crippen LogP contribution in [-0.2, 0) is 16.4 Å². The van der Waals surface area contributed by atoms with Gasteiger partial charge in [-0.15, -0.1) is 11.3 Å². The predicted molar refractivity (Wildman–Crippen MR) is 129 cm³/mol. The Morgan fingerprint density at radius 3 is 2.53 bits per heavy atom. The number of nitrogens with zero attached hydrogens (tertiary/aromatic N) is 3. The van der Waals surface area contributed by atoms with E-state index in [0.717, 1.165) is 39.4 Å². The first-order valence-electron chi connectivity index (χ1n) is 10.7. The van der Waals surface area contributed by atoms with Gasteiger partial charge in [-0.3, -0.25) is 4.98 Å². The fourth-order valence-electron chi connectivity index (χ4n) is 3.92. The first-order chi connectivity index (χ1) is 15.3. The summed E-state index contributed by atoms with van der Waals surface area (Å²) in [5, 5.41) is 1.99. The summed E-state index contributed by atoms with van der Waals surface area (Å²) in [7, 11) is -1.94. The Balaban J connectivity index is 1.58. The molecule has 4 aromatic rings. The third-order valence-corrected chi connectivity index (χ3v) is 8.43. The molecule has 1 N–H and O–H groups in total. The molecule has 1 aromatic carbocycles. The lowest BCUT2D eigenvalue weighted by atomic mass is 10.0. The number of benzene rings is 1. The zero-order valence-corrected chi connectivity index (χ0v) is 20.4. The van der Waals surface area contributed by atoms with Gasteiger partial charge in [0.15, 0.2) is 0 Å². The van der Waals surface area contributed by atoms with Crippen LogP contribution in [0, 0.1) is 12.8 Å². The zero-order chi connectivity index (χ0) is 22.9. The van der Waals surface area contributed by atoms with E-state index in [1.807, 2.05) is 42.6 Å². The summed E-state index contributed by atoms with van der Waals surface area (Å²) in [6.07, 6.45) is 3.12. The van der Waals surface area contributed by atoms with Crippen LogP contribution in [0.15, 0.2) is 58.9 Å². The van der Waals surface area contributed by atoms with Crippen LogP contribution in [-0.4, -0.2) is 34.7 Å². The average Bonchev–Trinajstić information content (AvgIpc) is 3.41. The van der Waals surface area contributed by atoms with E-state index in [-0.39, 0.29) is 6.04 Å². The Morgan fingerprint density at radius 2 is 1.88 bits per heavy atom. The molecular weight excluding hydrogens is 440 g/mol. The van der Waals surface area contributed by atoms with Gasteiger partial charge in [0.05, 0.1) is 22.1 Å². The molecule has 0 amide bonds. The molecule has 1 atom stereocenters. The fraction of sp³-hybridized carbons (Fsp3) is 0.333. The van der Waals surface area contributed by atoms with Crippen molar-refractivity contribution in [3.63, 3.8) is 0 Å². The van der Waals surface area contributed by atoms with Crippen LogP contribution < -0.4 is 0 Å². The lowest BCUT2D eigenvalue weighted by Crippen LogP contribution is -2.31. The highest BCUT2D eigenvalue weighted by atomic mass is 32.2. The van der Waals surface area contributed by atoms with E-state index in [2.05, 4.69) is 28.8 Å². The third kappa shape index (κ3) is 4.62. The number of H-pyrrole nitrogens is 1. The summed E-state index contributed by atoms with van der Waals surface area (Å²) < 4.78 is 28.3. The van der Waals surface area contributed by atoms with Crippen molar-refractivity contribution < 1.29 is 8.42 Å². The number of fused-ring (bicyclic) bond motifs is 1. The van der Waals surface area contributed by atoms with Gasteiger partial charge in [0.1, 0.15) is 11.3 Å². The normalized spacial score (nSPS) is 13.3. The van der Waals surface area contributed by atoms with Crippen molar-refractivity contribution in [3.8, 4) is 0 Å². The van der Waals surface area contributed by atoms with Crippen LogP contribution in [0.4, 0.5) is 0 Å². The van der Waals surface area contributed by atoms with Crippen molar-refractivity contribution >= 4 is 32.4 Å². The SMILES string of the molecule is Cc1nc2c(Cc3ccc(S(=O)(=O)N(C)C(CC(C)C)c4cccs4)cc3)nccc2[nH]1. The largest absolute Gasteiger partial charge is 0.342 e. The molecule has 0 spiro atoms. The second-order valence-electron chi connectivity index (χ2n) is 8.48. The number of nitrogens with one attached hydrogen (secondary N) is 1. The van der Waals surface area contributed by atoms with Gasteiger partial charge in [0.25, 0.3) is 0 Å². The number of pyridine rings is 1. The first kappa shape index (κ1) is 22.6. The standard InChI is InChI=1S/C24H28N4O2S2/c1-16(2)14-22(23-6-5-13-31-23)28(4)32(29,30)19-9-7-18(8-10-19)15-21-24-20(11-12-25-21)26-17(3)27-24/h5-13,16,22H,14-15H2,1-4H3,(H,26,27). The Kier molecular flexibility index (Phi) is 6.46. The van der Waals surface area contributed by atoms with Crippen molar-refractivity contribution in [2.24, 2.45) is 5.92 Å². The Labute approximate surface area is 193 Å². The highest BCUT2D eigenvalue weighted by Gasteiger charge is 2.30. The van der Waals surface area contributed by atoms with Crippen molar-refractivity contribution in [1.29, 1.82) is 0 Å². The quantitative estimate of drug-likeness (QED) is 0.379. The average molecular weight is 469 g/mol. The number of hydrogen-bond donors (Lipinski definition) is 1. The van der Waals surface area contributed by atoms with E-state index in [0.29, 0.717) is 17.2 Å². The van der Waals surface area contributed by atoms with E-state index in [1.165, 1.54) is 4.31 Å². The second kappa shape index (κ2) is 9.13. The van der Waals surface area contributed by atoms with E-state index in [4.69, 9.17) is 0 Å². The number of sulfonamides is 1. The van der Waals surface area contributed by atoms with Gasteiger partial charge in [-0.25, -0.2) is 13.4 Å². The van der Waals surface area contributed by atoms with Gasteiger partial charge < -0.3 is 4.98 Å². The minimum Gasteiger partial charge on any atom is -0.342 e. The van der Waals surface area contributed by atoms with Crippen molar-refractivity contribution in [3.05, 3.63) is 76.0 Å². The second-order valence-corrected chi connectivity index (χ2v) is 11.5. The maximum Gasteiger partial charge on any atom is 0.243 e. The minimum atomic E-state index is -3.62. The van der Waals surface area contributed by atoms with E-state index >= 15 is 0 Å². The molecule has 3 heterocycles. The van der Waals surface area contributed by atoms with Gasteiger partial charge in [0, 0.05) is 24.5 Å². The topological polar surface area (TPSA) is 79.0 Å². The van der Waals surface area contributed by atoms with Gasteiger partial charge >= 0.3 is 0 Å². The summed E-state index contributed by atoms with van der Waals surface area (Å²) >= 11 is 1.60. The summed E-state index contributed by atoms with van der Waals surface area (Å²) in [4.78, 5) is 13.6.